The molecule has 1 amide bonds. The molecular formula is C21H24FIN6O5S2. The summed E-state index contributed by atoms with van der Waals surface area (Å²) in [6, 6.07) is 6.67. The third-order valence-corrected chi connectivity index (χ3v) is 8.97. The summed E-state index contributed by atoms with van der Waals surface area (Å²) in [6.45, 7) is -0.593. The zero-order valence-electron chi connectivity index (χ0n) is 19.1. The number of hydrogen-bond donors (Lipinski definition) is 2. The van der Waals surface area contributed by atoms with Crippen molar-refractivity contribution in [1.82, 2.24) is 19.6 Å². The number of oxime groups is 1. The molecule has 3 N–H and O–H groups in total. The molecule has 194 valence electrons. The Hall–Kier alpha value is -2.24. The molecule has 4 atom stereocenters. The van der Waals surface area contributed by atoms with Gasteiger partial charge in [-0.05, 0) is 17.7 Å². The number of ether oxygens (including phenoxy) is 2. The second-order valence-corrected chi connectivity index (χ2v) is 10.8. The first-order valence-corrected chi connectivity index (χ1v) is 14.2. The van der Waals surface area contributed by atoms with E-state index in [0.717, 1.165) is 33.0 Å². The summed E-state index contributed by atoms with van der Waals surface area (Å²) in [5.74, 6) is 0.651. The topological polar surface area (TPSA) is 141 Å². The van der Waals surface area contributed by atoms with Crippen molar-refractivity contribution in [2.75, 3.05) is 36.4 Å². The lowest BCUT2D eigenvalue weighted by Gasteiger charge is -2.55. The number of aromatic nitrogens is 2. The zero-order chi connectivity index (χ0) is 25.7. The van der Waals surface area contributed by atoms with E-state index >= 15 is 0 Å². The van der Waals surface area contributed by atoms with Crippen LogP contribution in [0.2, 0.25) is 0 Å². The molecule has 1 aromatic carbocycles. The van der Waals surface area contributed by atoms with Crippen LogP contribution in [0.15, 0.2) is 29.4 Å². The summed E-state index contributed by atoms with van der Waals surface area (Å²) >= 11 is 4.84. The molecule has 0 saturated carbocycles. The number of nitrogen functional groups attached to an aromatic ring is 1. The Morgan fingerprint density at radius 3 is 2.78 bits per heavy atom. The van der Waals surface area contributed by atoms with E-state index in [-0.39, 0.29) is 46.6 Å². The summed E-state index contributed by atoms with van der Waals surface area (Å²) < 4.78 is 28.1. The standard InChI is InChI=1S/C21H24FIN6O5S2/c1-32-13-4-2-11(3-5-13)8-33-20(31)16-12(6-23)9-35-19-14(7-29(16)19)25-18(30)15(27-34-10-22)17-26-21(24)36-28-17/h2-5,12,14,16,19H,6-10H2,1H3,(H,25,30)(H2,24,26,28)/b27-15+/t12?,14-,16?,19-/m1/s1. The minimum absolute atomic E-state index is 0.0408. The monoisotopic (exact) mass is 650 g/mol. The first-order chi connectivity index (χ1) is 17.4. The second kappa shape index (κ2) is 12.3. The van der Waals surface area contributed by atoms with Crippen LogP contribution in [0.3, 0.4) is 0 Å². The van der Waals surface area contributed by atoms with Crippen molar-refractivity contribution in [2.45, 2.75) is 24.1 Å². The molecule has 11 nitrogen and oxygen atoms in total. The average Bonchev–Trinajstić information content (AvgIpc) is 3.31. The fourth-order valence-electron chi connectivity index (χ4n) is 3.96. The molecule has 36 heavy (non-hydrogen) atoms. The highest BCUT2D eigenvalue weighted by Crippen LogP contribution is 2.40. The van der Waals surface area contributed by atoms with Crippen LogP contribution in [0.25, 0.3) is 0 Å². The van der Waals surface area contributed by atoms with Crippen molar-refractivity contribution < 1.29 is 28.3 Å². The van der Waals surface area contributed by atoms with E-state index in [4.69, 9.17) is 15.2 Å². The number of alkyl halides is 2. The smallest absolute Gasteiger partial charge is 0.324 e. The number of carbonyl (C=O) groups excluding carboxylic acids is 2. The van der Waals surface area contributed by atoms with Gasteiger partial charge in [0.15, 0.2) is 5.13 Å². The summed E-state index contributed by atoms with van der Waals surface area (Å²) in [6.07, 6.45) is 0. The Labute approximate surface area is 228 Å². The molecule has 2 fully saturated rings. The molecule has 0 radical (unpaired) electrons. The van der Waals surface area contributed by atoms with Crippen molar-refractivity contribution in [3.05, 3.63) is 35.7 Å². The maximum absolute atomic E-state index is 13.1. The number of nitrogens with one attached hydrogen (secondary N) is 1. The van der Waals surface area contributed by atoms with Crippen LogP contribution in [-0.4, -0.2) is 80.0 Å². The maximum Gasteiger partial charge on any atom is 0.324 e. The number of nitrogens with zero attached hydrogens (tertiary/aromatic N) is 4. The Balaban J connectivity index is 1.39. The Morgan fingerprint density at radius 2 is 2.14 bits per heavy atom. The van der Waals surface area contributed by atoms with Crippen LogP contribution in [-0.2, 0) is 25.8 Å². The van der Waals surface area contributed by atoms with Gasteiger partial charge in [-0.2, -0.15) is 9.36 Å². The molecule has 0 bridgehead atoms. The lowest BCUT2D eigenvalue weighted by atomic mass is 9.95. The number of rotatable bonds is 10. The van der Waals surface area contributed by atoms with Gasteiger partial charge in [-0.15, -0.1) is 11.8 Å². The summed E-state index contributed by atoms with van der Waals surface area (Å²) in [7, 11) is 1.59. The molecule has 4 rings (SSSR count). The fourth-order valence-corrected chi connectivity index (χ4v) is 7.15. The molecule has 15 heteroatoms. The van der Waals surface area contributed by atoms with Gasteiger partial charge in [0.1, 0.15) is 18.4 Å². The van der Waals surface area contributed by atoms with E-state index in [1.807, 2.05) is 29.2 Å². The number of fused-ring (bicyclic) bond motifs is 1. The number of halogens is 2. The number of benzene rings is 1. The van der Waals surface area contributed by atoms with E-state index in [1.165, 1.54) is 0 Å². The molecule has 2 aromatic rings. The molecule has 2 saturated heterocycles. The minimum Gasteiger partial charge on any atom is -0.497 e. The first-order valence-electron chi connectivity index (χ1n) is 10.8. The van der Waals surface area contributed by atoms with Crippen molar-refractivity contribution in [1.29, 1.82) is 0 Å². The normalized spacial score (nSPS) is 23.8. The highest BCUT2D eigenvalue weighted by Gasteiger charge is 2.52. The number of nitrogens with two attached hydrogens (primary N) is 1. The van der Waals surface area contributed by atoms with Gasteiger partial charge in [0, 0.05) is 34.2 Å². The quantitative estimate of drug-likeness (QED) is 0.129. The van der Waals surface area contributed by atoms with E-state index in [2.05, 4.69) is 47.3 Å². The van der Waals surface area contributed by atoms with E-state index in [9.17, 15) is 14.0 Å². The van der Waals surface area contributed by atoms with Gasteiger partial charge in [0.25, 0.3) is 12.8 Å². The summed E-state index contributed by atoms with van der Waals surface area (Å²) in [5.41, 5.74) is 6.20. The number of esters is 1. The van der Waals surface area contributed by atoms with Crippen LogP contribution in [0.4, 0.5) is 9.52 Å². The number of anilines is 1. The average molecular weight is 650 g/mol. The van der Waals surface area contributed by atoms with Gasteiger partial charge in [-0.3, -0.25) is 14.5 Å². The lowest BCUT2D eigenvalue weighted by molar-refractivity contribution is -0.157. The first kappa shape index (κ1) is 26.8. The molecule has 0 aliphatic carbocycles. The van der Waals surface area contributed by atoms with Crippen molar-refractivity contribution in [3.63, 3.8) is 0 Å². The van der Waals surface area contributed by atoms with Crippen molar-refractivity contribution in [3.8, 4) is 5.75 Å². The van der Waals surface area contributed by atoms with Crippen LogP contribution in [0.1, 0.15) is 11.4 Å². The van der Waals surface area contributed by atoms with Crippen molar-refractivity contribution >= 4 is 68.6 Å². The lowest BCUT2D eigenvalue weighted by Crippen LogP contribution is -2.73. The van der Waals surface area contributed by atoms with Gasteiger partial charge < -0.3 is 25.4 Å². The molecule has 2 unspecified atom stereocenters. The Kier molecular flexibility index (Phi) is 9.19. The van der Waals surface area contributed by atoms with Crippen LogP contribution >= 0.6 is 45.9 Å². The predicted octanol–water partition coefficient (Wildman–Crippen LogP) is 1.81. The SMILES string of the molecule is COc1ccc(COC(=O)C2C(CI)CS[C@@H]3[C@H](NC(=O)/C(=N/OCF)c4nsc(N)n4)CN23)cc1. The van der Waals surface area contributed by atoms with Gasteiger partial charge in [0.2, 0.25) is 11.5 Å². The highest BCUT2D eigenvalue weighted by atomic mass is 127. The number of methoxy groups -OCH3 is 1. The molecule has 0 spiro atoms. The Bertz CT molecular complexity index is 1110. The van der Waals surface area contributed by atoms with Gasteiger partial charge in [-0.1, -0.05) is 39.9 Å². The van der Waals surface area contributed by atoms with E-state index in [1.54, 1.807) is 18.9 Å². The third-order valence-electron chi connectivity index (χ3n) is 5.73. The van der Waals surface area contributed by atoms with Crippen molar-refractivity contribution in [2.24, 2.45) is 11.1 Å². The van der Waals surface area contributed by atoms with Crippen LogP contribution in [0.5, 0.6) is 5.75 Å². The largest absolute Gasteiger partial charge is 0.497 e. The third kappa shape index (κ3) is 6.00. The number of carbonyl (C=O) groups is 2. The number of amides is 1. The molecular weight excluding hydrogens is 626 g/mol. The summed E-state index contributed by atoms with van der Waals surface area (Å²) in [5, 5.41) is 6.42. The minimum atomic E-state index is -1.20. The van der Waals surface area contributed by atoms with E-state index in [0.29, 0.717) is 6.54 Å². The van der Waals surface area contributed by atoms with Crippen LogP contribution in [0, 0.1) is 5.92 Å². The van der Waals surface area contributed by atoms with Gasteiger partial charge >= 0.3 is 5.97 Å². The molecule has 3 heterocycles. The molecule has 2 aliphatic rings. The van der Waals surface area contributed by atoms with Crippen LogP contribution < -0.4 is 15.8 Å². The summed E-state index contributed by atoms with van der Waals surface area (Å²) in [4.78, 5) is 36.4. The molecule has 2 aliphatic heterocycles. The highest BCUT2D eigenvalue weighted by molar-refractivity contribution is 14.1. The number of thioether (sulfide) groups is 1. The van der Waals surface area contributed by atoms with Gasteiger partial charge in [0.05, 0.1) is 18.5 Å². The fraction of sp³-hybridized carbons (Fsp3) is 0.476. The molecule has 1 aromatic heterocycles. The zero-order valence-corrected chi connectivity index (χ0v) is 22.9. The van der Waals surface area contributed by atoms with Gasteiger partial charge in [-0.25, -0.2) is 4.39 Å². The Morgan fingerprint density at radius 1 is 1.36 bits per heavy atom. The number of hydrogen-bond acceptors (Lipinski definition) is 12. The predicted molar refractivity (Wildman–Crippen MR) is 142 cm³/mol. The maximum atomic E-state index is 13.1. The van der Waals surface area contributed by atoms with E-state index < -0.39 is 18.8 Å². The second-order valence-electron chi connectivity index (χ2n) is 7.95.